The average Bonchev–Trinajstić information content (AvgIpc) is 4.20. The molecule has 4 atom stereocenters. The monoisotopic (exact) mass is 952 g/mol. The summed E-state index contributed by atoms with van der Waals surface area (Å²) in [6.45, 7) is 14.1. The molecule has 0 unspecified atom stereocenters. The number of nitrogens with zero attached hydrogens (tertiary/aromatic N) is 14. The number of hydrogen-bond donors (Lipinski definition) is 0. The summed E-state index contributed by atoms with van der Waals surface area (Å²) in [5.74, 6) is 0.776. The highest BCUT2D eigenvalue weighted by atomic mass is 79.9. The lowest BCUT2D eigenvalue weighted by atomic mass is 9.99. The second-order valence-electron chi connectivity index (χ2n) is 15.6. The minimum absolute atomic E-state index is 0.0663. The first-order valence-corrected chi connectivity index (χ1v) is 22.3. The number of para-hydroxylation sites is 2. The molecular formula is C47H49BrN14O4. The molecular weight excluding hydrogens is 905 g/mol. The van der Waals surface area contributed by atoms with Gasteiger partial charge in [-0.3, -0.25) is 18.4 Å². The third-order valence-corrected chi connectivity index (χ3v) is 11.9. The van der Waals surface area contributed by atoms with Crippen LogP contribution in [-0.4, -0.2) is 118 Å². The van der Waals surface area contributed by atoms with Crippen LogP contribution in [0.25, 0.3) is 28.7 Å². The van der Waals surface area contributed by atoms with E-state index in [0.717, 1.165) is 36.0 Å². The van der Waals surface area contributed by atoms with Crippen LogP contribution in [0.2, 0.25) is 0 Å². The molecule has 0 saturated carbocycles. The maximum Gasteiger partial charge on any atom is 0.258 e. The summed E-state index contributed by atoms with van der Waals surface area (Å²) in [6, 6.07) is 14.9. The van der Waals surface area contributed by atoms with E-state index in [1.165, 1.54) is 9.59 Å². The van der Waals surface area contributed by atoms with Gasteiger partial charge in [0.25, 0.3) is 23.6 Å². The van der Waals surface area contributed by atoms with Crippen LogP contribution in [0, 0.1) is 0 Å². The van der Waals surface area contributed by atoms with E-state index < -0.39 is 0 Å². The number of carbonyl (C=O) groups is 2. The molecule has 2 aliphatic rings. The highest BCUT2D eigenvalue weighted by molar-refractivity contribution is 9.10. The molecule has 0 N–H and O–H groups in total. The van der Waals surface area contributed by atoms with Gasteiger partial charge >= 0.3 is 0 Å². The van der Waals surface area contributed by atoms with Crippen molar-refractivity contribution in [3.63, 3.8) is 0 Å². The van der Waals surface area contributed by atoms with Crippen molar-refractivity contribution in [2.45, 2.75) is 70.7 Å². The van der Waals surface area contributed by atoms with Crippen molar-refractivity contribution >= 4 is 45.1 Å². The molecule has 2 aliphatic heterocycles. The number of piperidine rings is 2. The Kier molecular flexibility index (Phi) is 14.0. The Morgan fingerprint density at radius 3 is 1.56 bits per heavy atom. The molecule has 8 aromatic rings. The van der Waals surface area contributed by atoms with E-state index in [4.69, 9.17) is 9.47 Å². The molecule has 6 aromatic heterocycles. The molecule has 18 nitrogen and oxygen atoms in total. The minimum atomic E-state index is -0.187. The smallest absolute Gasteiger partial charge is 0.258 e. The molecule has 19 heteroatoms. The predicted octanol–water partition coefficient (Wildman–Crippen LogP) is 7.36. The Bertz CT molecular complexity index is 2930. The Morgan fingerprint density at radius 2 is 1.08 bits per heavy atom. The van der Waals surface area contributed by atoms with Gasteiger partial charge in [0.05, 0.1) is 78.5 Å². The van der Waals surface area contributed by atoms with Gasteiger partial charge in [0.15, 0.2) is 0 Å². The topological polar surface area (TPSA) is 181 Å². The number of fused-ring (bicyclic) bond motifs is 2. The Balaban J connectivity index is 0.000000170. The summed E-state index contributed by atoms with van der Waals surface area (Å²) in [4.78, 5) is 51.2. The summed E-state index contributed by atoms with van der Waals surface area (Å²) in [6.07, 6.45) is 23.3. The molecule has 0 aliphatic carbocycles. The molecule has 0 spiro atoms. The number of imidazole rings is 2. The van der Waals surface area contributed by atoms with E-state index in [1.54, 1.807) is 61.7 Å². The minimum Gasteiger partial charge on any atom is -0.470 e. The summed E-state index contributed by atoms with van der Waals surface area (Å²) < 4.78 is 17.0. The van der Waals surface area contributed by atoms with Crippen molar-refractivity contribution in [3.8, 4) is 23.1 Å². The number of benzene rings is 2. The zero-order valence-electron chi connectivity index (χ0n) is 36.8. The summed E-state index contributed by atoms with van der Waals surface area (Å²) in [7, 11) is 0. The van der Waals surface area contributed by atoms with Crippen molar-refractivity contribution in [1.82, 2.24) is 68.5 Å². The molecule has 2 fully saturated rings. The molecule has 2 saturated heterocycles. The van der Waals surface area contributed by atoms with E-state index in [-0.39, 0.29) is 36.1 Å². The number of amides is 2. The lowest BCUT2D eigenvalue weighted by molar-refractivity contribution is 0.0372. The van der Waals surface area contributed by atoms with E-state index in [2.05, 4.69) is 83.3 Å². The fraction of sp³-hybridized carbons (Fsp3) is 0.277. The first kappa shape index (κ1) is 45.0. The number of rotatable bonds is 9. The van der Waals surface area contributed by atoms with Crippen LogP contribution in [0.5, 0.6) is 11.8 Å². The van der Waals surface area contributed by atoms with Gasteiger partial charge in [-0.15, -0.1) is 6.58 Å². The molecule has 2 amide bonds. The van der Waals surface area contributed by atoms with E-state index in [1.807, 2.05) is 86.4 Å². The van der Waals surface area contributed by atoms with Crippen LogP contribution in [0.1, 0.15) is 72.9 Å². The molecule has 66 heavy (non-hydrogen) atoms. The van der Waals surface area contributed by atoms with Crippen molar-refractivity contribution in [2.75, 3.05) is 13.1 Å². The van der Waals surface area contributed by atoms with Crippen LogP contribution >= 0.6 is 15.9 Å². The third-order valence-electron chi connectivity index (χ3n) is 11.3. The average molecular weight is 954 g/mol. The van der Waals surface area contributed by atoms with Crippen molar-refractivity contribution < 1.29 is 19.1 Å². The Hall–Kier alpha value is -7.54. The fourth-order valence-corrected chi connectivity index (χ4v) is 8.35. The van der Waals surface area contributed by atoms with Crippen LogP contribution in [0.4, 0.5) is 0 Å². The number of halogens is 1. The highest BCUT2D eigenvalue weighted by Gasteiger charge is 2.34. The first-order valence-electron chi connectivity index (χ1n) is 21.5. The molecule has 338 valence electrons. The lowest BCUT2D eigenvalue weighted by Gasteiger charge is -2.38. The van der Waals surface area contributed by atoms with Crippen LogP contribution in [0.3, 0.4) is 0 Å². The maximum atomic E-state index is 13.5. The molecule has 8 heterocycles. The summed E-state index contributed by atoms with van der Waals surface area (Å²) in [5, 5.41) is 16.7. The number of allylic oxidation sites excluding steroid dienone is 1. The molecule has 10 rings (SSSR count). The maximum absolute atomic E-state index is 13.5. The van der Waals surface area contributed by atoms with Crippen LogP contribution < -0.4 is 9.47 Å². The number of ether oxygens (including phenoxy) is 2. The zero-order valence-corrected chi connectivity index (χ0v) is 38.4. The molecule has 0 bridgehead atoms. The van der Waals surface area contributed by atoms with Gasteiger partial charge < -0.3 is 19.3 Å². The number of carbonyl (C=O) groups excluding carboxylic acids is 2. The van der Waals surface area contributed by atoms with Gasteiger partial charge in [0.1, 0.15) is 16.8 Å². The Labute approximate surface area is 389 Å². The quantitative estimate of drug-likeness (QED) is 0.131. The lowest BCUT2D eigenvalue weighted by Crippen LogP contribution is -2.49. The van der Waals surface area contributed by atoms with Crippen LogP contribution in [-0.2, 0) is 0 Å². The number of hydrogen-bond acceptors (Lipinski definition) is 12. The fourth-order valence-electron chi connectivity index (χ4n) is 7.97. The van der Waals surface area contributed by atoms with Crippen molar-refractivity contribution in [2.24, 2.45) is 0 Å². The van der Waals surface area contributed by atoms with E-state index in [0.29, 0.717) is 58.6 Å². The Morgan fingerprint density at radius 1 is 0.636 bits per heavy atom. The normalized spacial score (nSPS) is 18.1. The third kappa shape index (κ3) is 9.61. The van der Waals surface area contributed by atoms with Gasteiger partial charge in [-0.1, -0.05) is 36.9 Å². The molecule has 0 radical (unpaired) electrons. The predicted molar refractivity (Wildman–Crippen MR) is 251 cm³/mol. The van der Waals surface area contributed by atoms with E-state index in [9.17, 15) is 9.59 Å². The number of aromatic nitrogens is 12. The first-order chi connectivity index (χ1) is 32.2. The van der Waals surface area contributed by atoms with Crippen molar-refractivity contribution in [1.29, 1.82) is 0 Å². The summed E-state index contributed by atoms with van der Waals surface area (Å²) in [5.41, 5.74) is 4.56. The van der Waals surface area contributed by atoms with Gasteiger partial charge in [-0.2, -0.15) is 30.0 Å². The second-order valence-corrected chi connectivity index (χ2v) is 16.5. The zero-order chi connectivity index (χ0) is 46.2. The van der Waals surface area contributed by atoms with Crippen molar-refractivity contribution in [3.05, 3.63) is 151 Å². The van der Waals surface area contributed by atoms with Crippen LogP contribution in [0.15, 0.2) is 134 Å². The van der Waals surface area contributed by atoms with Gasteiger partial charge in [0, 0.05) is 36.9 Å². The number of likely N-dealkylation sites (tertiary alicyclic amines) is 2. The summed E-state index contributed by atoms with van der Waals surface area (Å²) >= 11 is 3.46. The second kappa shape index (κ2) is 20.5. The van der Waals surface area contributed by atoms with E-state index >= 15 is 0 Å². The molecule has 2 aromatic carbocycles. The highest BCUT2D eigenvalue weighted by Crippen LogP contribution is 2.29. The van der Waals surface area contributed by atoms with Gasteiger partial charge in [-0.05, 0) is 92.7 Å². The van der Waals surface area contributed by atoms with Gasteiger partial charge in [-0.25, -0.2) is 19.9 Å². The largest absolute Gasteiger partial charge is 0.470 e. The standard InChI is InChI=1S/C23H23N7O2.C21H20BrN7O2.C3H6/c1-3-17-14-25-21-22(24-12-13-28(17)21)32-18-9-8-16(2)29(15-18)23(31)19-6-4-5-7-20(19)30-26-10-11-27-30;1-14-6-7-15(31-20-19-24-12-18(22)27(19)11-10-23-20)13-28(14)21(30)16-4-2-3-5-17(16)29-25-8-9-26-29;1-3-2/h3-7,10-14,16,18H,1,8-9,15H2,2H3;2-5,8-12,14-15H,6-7,13H2,1H3;3H,1H2,2H3/t16-,18-;14-,15-;/m11./s1. The van der Waals surface area contributed by atoms with Gasteiger partial charge in [0.2, 0.25) is 11.3 Å². The SMILES string of the molecule is C=CC.C=Cc1cnc2c(O[C@@H]3CC[C@@H](C)N(C(=O)c4ccccc4-n4nccn4)C3)nccn12.C[C@@H]1CC[C@@H](Oc2nccn3c(Br)cnc23)CN1C(=O)c1ccccc1-n1nccn1.